The number of phenols is 4. The molecule has 12 aromatic rings. The monoisotopic (exact) mass is 1900 g/mol. The van der Waals surface area contributed by atoms with Gasteiger partial charge >= 0.3 is 0 Å². The summed E-state index contributed by atoms with van der Waals surface area (Å²) in [6, 6.07) is 72.0. The van der Waals surface area contributed by atoms with Gasteiger partial charge in [-0.3, -0.25) is 0 Å². The number of aryl methyl sites for hydroxylation is 12. The van der Waals surface area contributed by atoms with Gasteiger partial charge in [0.25, 0.3) is 0 Å². The topological polar surface area (TPSA) is 80.9 Å². The molecule has 10 unspecified atom stereocenters. The molecule has 12 heteroatoms. The highest BCUT2D eigenvalue weighted by Crippen LogP contribution is 2.58. The van der Waals surface area contributed by atoms with E-state index in [0.29, 0.717) is 110 Å². The van der Waals surface area contributed by atoms with Crippen molar-refractivity contribution in [3.05, 3.63) is 261 Å². The van der Waals surface area contributed by atoms with Crippen molar-refractivity contribution >= 4 is 130 Å². The molecule has 22 rings (SSSR count). The third-order valence-electron chi connectivity index (χ3n) is 30.1. The van der Waals surface area contributed by atoms with Crippen LogP contribution in [0.3, 0.4) is 0 Å². The highest BCUT2D eigenvalue weighted by molar-refractivity contribution is 7.99. The fourth-order valence-electron chi connectivity index (χ4n) is 22.7. The van der Waals surface area contributed by atoms with E-state index in [1.807, 2.05) is 55.4 Å². The maximum absolute atomic E-state index is 9.81. The van der Waals surface area contributed by atoms with Crippen LogP contribution in [0.2, 0.25) is 0 Å². The largest absolute Gasteiger partial charge is 0.507 e. The van der Waals surface area contributed by atoms with Gasteiger partial charge in [-0.1, -0.05) is 110 Å². The molecule has 0 aromatic heterocycles. The number of phenolic OH excluding ortho intramolecular Hbond substituents is 4. The Labute approximate surface area is 813 Å². The SMILES string of the molecule is CCCC1CCC[S+]1c1ccc(C)c2ccccc12.Cc1cc([S+]2C(C)CCC2C)cc(C)c1O.Cc1cc([S+]2CCCC2)cc(C)c1O.Cc1cc([S+]2CCCC2)cc(C)c1O.Cc1cc([S+]2CCCC2C)cc(C)c1O.Cc1ccc([S+]2CC3C4CCC(C4)C3C2)c2ccccc12.Cc1ccc([S+]2CCCC2)c2ccccc12.Cc1ccc([S+]2CCCC2)c2ccccc12. The van der Waals surface area contributed by atoms with Crippen LogP contribution in [0.5, 0.6) is 23.0 Å². The number of hydrogen-bond donors (Lipinski definition) is 4. The summed E-state index contributed by atoms with van der Waals surface area (Å²) in [5.41, 5.74) is 13.9. The Morgan fingerprint density at radius 2 is 0.550 bits per heavy atom. The van der Waals surface area contributed by atoms with Crippen LogP contribution in [0, 0.1) is 107 Å². The quantitative estimate of drug-likeness (QED) is 0.103. The molecule has 0 spiro atoms. The third kappa shape index (κ3) is 23.6. The maximum atomic E-state index is 9.81. The summed E-state index contributed by atoms with van der Waals surface area (Å²) in [4.78, 5) is 12.3. The van der Waals surface area contributed by atoms with Gasteiger partial charge < -0.3 is 20.4 Å². The van der Waals surface area contributed by atoms with E-state index in [4.69, 9.17) is 0 Å². The number of hydrogen-bond acceptors (Lipinski definition) is 4. The first kappa shape index (κ1) is 99.2. The zero-order chi connectivity index (χ0) is 92.3. The average Bonchev–Trinajstić information content (AvgIpc) is 1.59. The van der Waals surface area contributed by atoms with Gasteiger partial charge in [-0.05, 0) is 417 Å². The molecule has 12 aromatic carbocycles. The Morgan fingerprint density at radius 3 is 0.885 bits per heavy atom. The van der Waals surface area contributed by atoms with Gasteiger partial charge in [-0.15, -0.1) is 0 Å². The van der Waals surface area contributed by atoms with E-state index < -0.39 is 0 Å². The van der Waals surface area contributed by atoms with Crippen LogP contribution in [0.4, 0.5) is 0 Å². The molecule has 4 N–H and O–H groups in total. The normalized spacial score (nSPS) is 23.8. The highest BCUT2D eigenvalue weighted by Gasteiger charge is 2.57. The number of rotatable bonds is 10. The molecule has 131 heavy (non-hydrogen) atoms. The van der Waals surface area contributed by atoms with E-state index in [2.05, 4.69) is 250 Å². The first-order chi connectivity index (χ1) is 63.3. The first-order valence-electron chi connectivity index (χ1n) is 49.9. The minimum atomic E-state index is 0.380. The average molecular weight is 1910 g/mol. The van der Waals surface area contributed by atoms with Gasteiger partial charge in [0.05, 0.1) is 0 Å². The third-order valence-corrected chi connectivity index (χ3v) is 51.4. The van der Waals surface area contributed by atoms with Crippen LogP contribution in [0.1, 0.15) is 216 Å². The van der Waals surface area contributed by atoms with Gasteiger partial charge in [0.2, 0.25) is 0 Å². The van der Waals surface area contributed by atoms with Crippen LogP contribution in [0.25, 0.3) is 43.1 Å². The Morgan fingerprint density at radius 1 is 0.260 bits per heavy atom. The zero-order valence-corrected chi connectivity index (χ0v) is 88.6. The molecule has 8 saturated heterocycles. The van der Waals surface area contributed by atoms with Crippen molar-refractivity contribution in [2.75, 3.05) is 69.0 Å². The highest BCUT2D eigenvalue weighted by atomic mass is 32.2. The molecule has 10 atom stereocenters. The summed E-state index contributed by atoms with van der Waals surface area (Å²) in [5.74, 6) is 23.0. The molecule has 4 nitrogen and oxygen atoms in total. The first-order valence-corrected chi connectivity index (χ1v) is 62.0. The predicted molar refractivity (Wildman–Crippen MR) is 588 cm³/mol. The van der Waals surface area contributed by atoms with Crippen molar-refractivity contribution in [2.24, 2.45) is 23.7 Å². The van der Waals surface area contributed by atoms with Crippen molar-refractivity contribution in [2.45, 2.75) is 293 Å². The second-order valence-corrected chi connectivity index (χ2v) is 58.5. The zero-order valence-electron chi connectivity index (χ0n) is 82.1. The lowest BCUT2D eigenvalue weighted by molar-refractivity contribution is 0.281. The van der Waals surface area contributed by atoms with E-state index in [1.54, 1.807) is 26.0 Å². The Hall–Kier alpha value is -6.32. The smallest absolute Gasteiger partial charge is 0.162 e. The van der Waals surface area contributed by atoms with E-state index in [9.17, 15) is 20.4 Å². The molecule has 8 heterocycles. The molecule has 2 bridgehead atoms. The van der Waals surface area contributed by atoms with Gasteiger partial charge in [0.1, 0.15) is 113 Å². The molecule has 2 aliphatic carbocycles. The fourth-order valence-corrected chi connectivity index (χ4v) is 44.8. The lowest BCUT2D eigenvalue weighted by atomic mass is 9.82. The van der Waals surface area contributed by atoms with Crippen molar-refractivity contribution < 1.29 is 20.4 Å². The van der Waals surface area contributed by atoms with Crippen LogP contribution in [0.15, 0.2) is 233 Å². The molecular weight excluding hydrogens is 1750 g/mol. The molecular formula is C119H154O4S8+8. The van der Waals surface area contributed by atoms with Crippen molar-refractivity contribution in [3.8, 4) is 23.0 Å². The lowest BCUT2D eigenvalue weighted by Gasteiger charge is -2.19. The number of fused-ring (bicyclic) bond motifs is 9. The fraction of sp³-hybridized carbons (Fsp3) is 0.462. The van der Waals surface area contributed by atoms with Crippen molar-refractivity contribution in [1.82, 2.24) is 0 Å². The van der Waals surface area contributed by atoms with Gasteiger partial charge in [0, 0.05) is 121 Å². The Balaban J connectivity index is 0.000000115. The number of aromatic hydroxyl groups is 4. The standard InChI is InChI=1S/C20H23S.C18H23S.2C15H17S.C14H20OS.C13H18OS.2C12H16OS/c1-13-6-9-20(17-5-3-2-4-16(13)17)21-11-18-14-7-8-15(10-14)19(18)12-21;1-3-7-15-8-6-13-19(15)18-12-11-14(2)16-9-4-5-10-17(16)18;2*1-12-8-9-15(16-10-4-5-11-16)14-7-3-2-6-13(12)14;1-9-7-13(8-10(2)14(9)15)16-11(3)5-6-12(16)4;1-9-7-12(8-10(2)13(9)14)15-6-4-5-11(15)3;2*1-9-7-11(8-10(2)12(9)13)14-5-3-4-6-14/h2-6,9,14-15,18-19H,7-8,10-12H2,1H3;4-5,9-12,15H,3,6-8,13H2,1-2H3;2*2-3,6-9H,4-5,10-11H2,1H3;7-8,11-12H,5-6H2,1-4H3;7-8,11H,4-6H2,1-3H3;2*7-8H,3-6H2,1-2H3/q4*+1;;;;/p+4. The molecule has 10 fully saturated rings. The summed E-state index contributed by atoms with van der Waals surface area (Å²) >= 11 is 0. The summed E-state index contributed by atoms with van der Waals surface area (Å²) in [6.45, 7) is 34.3. The second kappa shape index (κ2) is 46.2. The van der Waals surface area contributed by atoms with E-state index >= 15 is 0 Å². The van der Waals surface area contributed by atoms with E-state index in [1.165, 1.54) is 270 Å². The van der Waals surface area contributed by atoms with E-state index in [-0.39, 0.29) is 0 Å². The molecule has 0 amide bonds. The lowest BCUT2D eigenvalue weighted by Crippen LogP contribution is -2.19. The van der Waals surface area contributed by atoms with Crippen LogP contribution in [-0.2, 0) is 87.2 Å². The Kier molecular flexibility index (Phi) is 35.0. The summed E-state index contributed by atoms with van der Waals surface area (Å²) < 4.78 is 0. The Bertz CT molecular complexity index is 5590. The van der Waals surface area contributed by atoms with E-state index in [0.717, 1.165) is 89.2 Å². The molecule has 694 valence electrons. The summed E-state index contributed by atoms with van der Waals surface area (Å²) in [5, 5.41) is 54.1. The summed E-state index contributed by atoms with van der Waals surface area (Å²) in [7, 11) is 3.80. The van der Waals surface area contributed by atoms with Crippen molar-refractivity contribution in [1.29, 1.82) is 0 Å². The summed E-state index contributed by atoms with van der Waals surface area (Å²) in [6.07, 6.45) is 26.9. The molecule has 10 aliphatic rings. The minimum absolute atomic E-state index is 0.380. The maximum Gasteiger partial charge on any atom is 0.162 e. The van der Waals surface area contributed by atoms with Crippen LogP contribution < -0.4 is 0 Å². The van der Waals surface area contributed by atoms with Crippen LogP contribution in [-0.4, -0.2) is 110 Å². The molecule has 8 aliphatic heterocycles. The number of benzene rings is 12. The van der Waals surface area contributed by atoms with Gasteiger partial charge in [-0.25, -0.2) is 0 Å². The minimum Gasteiger partial charge on any atom is -0.507 e. The molecule has 0 radical (unpaired) electrons. The van der Waals surface area contributed by atoms with Crippen molar-refractivity contribution in [3.63, 3.8) is 0 Å². The van der Waals surface area contributed by atoms with Gasteiger partial charge in [-0.2, -0.15) is 0 Å². The predicted octanol–water partition coefficient (Wildman–Crippen LogP) is 30.0. The molecule has 2 saturated carbocycles. The van der Waals surface area contributed by atoms with Crippen LogP contribution >= 0.6 is 0 Å². The second-order valence-electron chi connectivity index (χ2n) is 39.6. The van der Waals surface area contributed by atoms with Gasteiger partial charge in [0.15, 0.2) is 39.2 Å².